The van der Waals surface area contributed by atoms with Gasteiger partial charge in [-0.1, -0.05) is 12.1 Å². The van der Waals surface area contributed by atoms with Gasteiger partial charge >= 0.3 is 5.97 Å². The normalized spacial score (nSPS) is 17.6. The van der Waals surface area contributed by atoms with Gasteiger partial charge < -0.3 is 24.5 Å². The number of carbonyl (C=O) groups is 2. The summed E-state index contributed by atoms with van der Waals surface area (Å²) in [7, 11) is 1.49. The summed E-state index contributed by atoms with van der Waals surface area (Å²) in [5.74, 6) is -1.27. The molecule has 1 aromatic heterocycles. The molecule has 0 radical (unpaired) electrons. The summed E-state index contributed by atoms with van der Waals surface area (Å²) < 4.78 is 10.9. The summed E-state index contributed by atoms with van der Waals surface area (Å²) in [6, 6.07) is 8.18. The number of carbonyl (C=O) groups excluding carboxylic acids is 1. The topological polar surface area (TPSA) is 105 Å². The Bertz CT molecular complexity index is 780. The molecule has 2 N–H and O–H groups in total. The number of nitrogens with zero attached hydrogens (tertiary/aromatic N) is 2. The van der Waals surface area contributed by atoms with Gasteiger partial charge in [0.25, 0.3) is 6.01 Å². The van der Waals surface area contributed by atoms with Crippen molar-refractivity contribution in [2.24, 2.45) is 5.92 Å². The van der Waals surface area contributed by atoms with Crippen LogP contribution in [-0.4, -0.2) is 54.3 Å². The number of anilines is 1. The monoisotopic (exact) mass is 375 g/mol. The van der Waals surface area contributed by atoms with Crippen molar-refractivity contribution in [2.75, 3.05) is 31.7 Å². The van der Waals surface area contributed by atoms with Crippen molar-refractivity contribution in [2.45, 2.75) is 31.7 Å². The summed E-state index contributed by atoms with van der Waals surface area (Å²) in [4.78, 5) is 30.3. The molecule has 1 aliphatic rings. The highest BCUT2D eigenvalue weighted by Crippen LogP contribution is 2.27. The Morgan fingerprint density at radius 2 is 2.07 bits per heavy atom. The molecule has 1 amide bonds. The SMILES string of the molecule is COCC(C)(CC(=O)O)NC(=O)C1CCN(c2nc3ccccc3o2)CC1. The number of piperidine rings is 1. The largest absolute Gasteiger partial charge is 0.481 e. The zero-order valence-corrected chi connectivity index (χ0v) is 15.6. The number of methoxy groups -OCH3 is 1. The molecule has 1 unspecified atom stereocenters. The second-order valence-electron chi connectivity index (χ2n) is 7.28. The maximum Gasteiger partial charge on any atom is 0.305 e. The van der Waals surface area contributed by atoms with Crippen molar-refractivity contribution in [1.29, 1.82) is 0 Å². The van der Waals surface area contributed by atoms with Crippen LogP contribution in [0.3, 0.4) is 0 Å². The van der Waals surface area contributed by atoms with Crippen LogP contribution in [0.1, 0.15) is 26.2 Å². The number of para-hydroxylation sites is 2. The lowest BCUT2D eigenvalue weighted by Crippen LogP contribution is -2.53. The van der Waals surface area contributed by atoms with E-state index in [9.17, 15) is 9.59 Å². The number of carboxylic acid groups (broad SMARTS) is 1. The lowest BCUT2D eigenvalue weighted by molar-refractivity contribution is -0.140. The van der Waals surface area contributed by atoms with E-state index >= 15 is 0 Å². The van der Waals surface area contributed by atoms with Crippen molar-refractivity contribution >= 4 is 29.0 Å². The van der Waals surface area contributed by atoms with E-state index in [-0.39, 0.29) is 24.9 Å². The maximum absolute atomic E-state index is 12.6. The first-order valence-corrected chi connectivity index (χ1v) is 9.03. The van der Waals surface area contributed by atoms with Crippen molar-refractivity contribution in [1.82, 2.24) is 10.3 Å². The number of hydrogen-bond donors (Lipinski definition) is 2. The standard InChI is InChI=1S/C19H25N3O5/c1-19(12-26-2,11-16(23)24)21-17(25)13-7-9-22(10-8-13)18-20-14-5-3-4-6-15(14)27-18/h3-6,13H,7-12H2,1-2H3,(H,21,25)(H,23,24). The number of nitrogens with one attached hydrogen (secondary N) is 1. The number of aliphatic carboxylic acids is 1. The molecule has 0 saturated carbocycles. The lowest BCUT2D eigenvalue weighted by atomic mass is 9.92. The van der Waals surface area contributed by atoms with E-state index in [1.165, 1.54) is 7.11 Å². The van der Waals surface area contributed by atoms with Gasteiger partial charge in [-0.2, -0.15) is 4.98 Å². The van der Waals surface area contributed by atoms with Crippen LogP contribution in [0.15, 0.2) is 28.7 Å². The molecule has 27 heavy (non-hydrogen) atoms. The molecule has 3 rings (SSSR count). The van der Waals surface area contributed by atoms with Gasteiger partial charge in [-0.15, -0.1) is 0 Å². The second-order valence-corrected chi connectivity index (χ2v) is 7.28. The molecule has 0 spiro atoms. The molecule has 1 aliphatic heterocycles. The van der Waals surface area contributed by atoms with Gasteiger partial charge in [0.2, 0.25) is 5.91 Å². The van der Waals surface area contributed by atoms with E-state index < -0.39 is 11.5 Å². The Morgan fingerprint density at radius 3 is 2.70 bits per heavy atom. The predicted octanol–water partition coefficient (Wildman–Crippen LogP) is 2.04. The molecule has 1 saturated heterocycles. The first-order valence-electron chi connectivity index (χ1n) is 9.03. The third-order valence-electron chi connectivity index (χ3n) is 4.85. The van der Waals surface area contributed by atoms with Crippen molar-refractivity contribution in [3.63, 3.8) is 0 Å². The molecule has 1 fully saturated rings. The quantitative estimate of drug-likeness (QED) is 0.763. The van der Waals surface area contributed by atoms with E-state index in [0.717, 1.165) is 11.1 Å². The minimum absolute atomic E-state index is 0.131. The summed E-state index contributed by atoms with van der Waals surface area (Å²) in [5, 5.41) is 12.0. The maximum atomic E-state index is 12.6. The highest BCUT2D eigenvalue weighted by Gasteiger charge is 2.34. The fraction of sp³-hybridized carbons (Fsp3) is 0.526. The van der Waals surface area contributed by atoms with Crippen LogP contribution >= 0.6 is 0 Å². The number of rotatable bonds is 7. The number of amides is 1. The zero-order chi connectivity index (χ0) is 19.4. The Labute approximate surface area is 157 Å². The van der Waals surface area contributed by atoms with E-state index in [0.29, 0.717) is 31.9 Å². The number of fused-ring (bicyclic) bond motifs is 1. The van der Waals surface area contributed by atoms with Crippen LogP contribution in [0.25, 0.3) is 11.1 Å². The number of oxazole rings is 1. The minimum atomic E-state index is -0.972. The average molecular weight is 375 g/mol. The number of hydrogen-bond acceptors (Lipinski definition) is 6. The van der Waals surface area contributed by atoms with Crippen LogP contribution in [0.5, 0.6) is 0 Å². The number of ether oxygens (including phenoxy) is 1. The van der Waals surface area contributed by atoms with Crippen LogP contribution in [0.4, 0.5) is 6.01 Å². The van der Waals surface area contributed by atoms with Gasteiger partial charge in [-0.25, -0.2) is 0 Å². The van der Waals surface area contributed by atoms with Gasteiger partial charge in [-0.05, 0) is 31.9 Å². The summed E-state index contributed by atoms with van der Waals surface area (Å²) >= 11 is 0. The molecule has 1 atom stereocenters. The van der Waals surface area contributed by atoms with Crippen LogP contribution in [-0.2, 0) is 14.3 Å². The third kappa shape index (κ3) is 4.57. The molecule has 2 heterocycles. The molecule has 0 aliphatic carbocycles. The van der Waals surface area contributed by atoms with Gasteiger partial charge in [0, 0.05) is 26.1 Å². The fourth-order valence-electron chi connectivity index (χ4n) is 3.51. The predicted molar refractivity (Wildman–Crippen MR) is 99.6 cm³/mol. The van der Waals surface area contributed by atoms with Gasteiger partial charge in [0.05, 0.1) is 18.6 Å². The fourth-order valence-corrected chi connectivity index (χ4v) is 3.51. The Hall–Kier alpha value is -2.61. The van der Waals surface area contributed by atoms with E-state index in [4.69, 9.17) is 14.3 Å². The Balaban J connectivity index is 1.59. The third-order valence-corrected chi connectivity index (χ3v) is 4.85. The number of aromatic nitrogens is 1. The van der Waals surface area contributed by atoms with Crippen molar-refractivity contribution < 1.29 is 23.8 Å². The van der Waals surface area contributed by atoms with Crippen LogP contribution < -0.4 is 10.2 Å². The van der Waals surface area contributed by atoms with Gasteiger partial charge in [0.15, 0.2) is 5.58 Å². The molecular formula is C19H25N3O5. The molecule has 1 aromatic carbocycles. The Kier molecular flexibility index (Phi) is 5.65. The summed E-state index contributed by atoms with van der Waals surface area (Å²) in [5.41, 5.74) is 0.641. The van der Waals surface area contributed by atoms with Gasteiger partial charge in [-0.3, -0.25) is 9.59 Å². The summed E-state index contributed by atoms with van der Waals surface area (Å²) in [6.45, 7) is 3.15. The van der Waals surface area contributed by atoms with Gasteiger partial charge in [0.1, 0.15) is 5.52 Å². The highest BCUT2D eigenvalue weighted by molar-refractivity contribution is 5.81. The average Bonchev–Trinajstić information content (AvgIpc) is 3.05. The lowest BCUT2D eigenvalue weighted by Gasteiger charge is -2.34. The zero-order valence-electron chi connectivity index (χ0n) is 15.6. The highest BCUT2D eigenvalue weighted by atomic mass is 16.5. The summed E-state index contributed by atoms with van der Waals surface area (Å²) in [6.07, 6.45) is 1.12. The second kappa shape index (κ2) is 7.96. The number of carboxylic acids is 1. The molecule has 0 bridgehead atoms. The van der Waals surface area contributed by atoms with E-state index in [2.05, 4.69) is 10.3 Å². The first-order chi connectivity index (χ1) is 12.9. The van der Waals surface area contributed by atoms with E-state index in [1.807, 2.05) is 29.2 Å². The Morgan fingerprint density at radius 1 is 1.37 bits per heavy atom. The molecule has 8 nitrogen and oxygen atoms in total. The molecule has 146 valence electrons. The molecule has 8 heteroatoms. The van der Waals surface area contributed by atoms with Crippen molar-refractivity contribution in [3.8, 4) is 0 Å². The number of benzene rings is 1. The molecular weight excluding hydrogens is 350 g/mol. The minimum Gasteiger partial charge on any atom is -0.481 e. The van der Waals surface area contributed by atoms with Crippen LogP contribution in [0.2, 0.25) is 0 Å². The van der Waals surface area contributed by atoms with E-state index in [1.54, 1.807) is 6.92 Å². The smallest absolute Gasteiger partial charge is 0.305 e. The van der Waals surface area contributed by atoms with Crippen molar-refractivity contribution in [3.05, 3.63) is 24.3 Å². The molecule has 2 aromatic rings. The van der Waals surface area contributed by atoms with Crippen LogP contribution in [0, 0.1) is 5.92 Å². The first kappa shape index (κ1) is 19.2.